The second-order valence-electron chi connectivity index (χ2n) is 6.15. The first-order chi connectivity index (χ1) is 11.3. The predicted molar refractivity (Wildman–Crippen MR) is 95.5 cm³/mol. The molecule has 2 heterocycles. The van der Waals surface area contributed by atoms with Gasteiger partial charge in [0, 0.05) is 18.0 Å². The molecular formula is C19H24N2OS. The smallest absolute Gasteiger partial charge is 0.234 e. The third kappa shape index (κ3) is 4.21. The van der Waals surface area contributed by atoms with Gasteiger partial charge in [-0.05, 0) is 35.4 Å². The van der Waals surface area contributed by atoms with E-state index in [0.29, 0.717) is 6.54 Å². The molecule has 0 unspecified atom stereocenters. The molecule has 4 heteroatoms. The Kier molecular flexibility index (Phi) is 5.47. The van der Waals surface area contributed by atoms with E-state index in [9.17, 15) is 4.79 Å². The lowest BCUT2D eigenvalue weighted by Crippen LogP contribution is -2.40. The standard InChI is InChI=1S/C19H24N2OS/c1-2-6-17(15-7-4-3-5-8-15)20-19(22)14-21-11-9-18-16(13-21)10-12-23-18/h3-5,7-8,10,12,17H,2,6,9,11,13-14H2,1H3,(H,20,22)/t17-/m0/s1. The molecule has 1 aromatic carbocycles. The molecule has 1 amide bonds. The van der Waals surface area contributed by atoms with Crippen molar-refractivity contribution in [2.24, 2.45) is 0 Å². The molecule has 1 atom stereocenters. The number of amides is 1. The fourth-order valence-corrected chi connectivity index (χ4v) is 4.07. The highest BCUT2D eigenvalue weighted by Gasteiger charge is 2.20. The summed E-state index contributed by atoms with van der Waals surface area (Å²) in [5.41, 5.74) is 2.59. The molecule has 2 aromatic rings. The largest absolute Gasteiger partial charge is 0.348 e. The van der Waals surface area contributed by atoms with Crippen LogP contribution < -0.4 is 5.32 Å². The van der Waals surface area contributed by atoms with E-state index in [1.807, 2.05) is 29.5 Å². The number of hydrogen-bond acceptors (Lipinski definition) is 3. The molecule has 0 saturated carbocycles. The van der Waals surface area contributed by atoms with Gasteiger partial charge >= 0.3 is 0 Å². The van der Waals surface area contributed by atoms with Crippen molar-refractivity contribution in [1.29, 1.82) is 0 Å². The highest BCUT2D eigenvalue weighted by molar-refractivity contribution is 7.10. The predicted octanol–water partition coefficient (Wildman–Crippen LogP) is 3.76. The number of thiophene rings is 1. The first-order valence-corrected chi connectivity index (χ1v) is 9.26. The van der Waals surface area contributed by atoms with Gasteiger partial charge < -0.3 is 5.32 Å². The first kappa shape index (κ1) is 16.2. The van der Waals surface area contributed by atoms with Crippen molar-refractivity contribution < 1.29 is 4.79 Å². The van der Waals surface area contributed by atoms with Gasteiger partial charge in [-0.1, -0.05) is 43.7 Å². The molecule has 3 rings (SSSR count). The van der Waals surface area contributed by atoms with E-state index in [1.165, 1.54) is 16.0 Å². The van der Waals surface area contributed by atoms with E-state index in [4.69, 9.17) is 0 Å². The Morgan fingerprint density at radius 1 is 1.30 bits per heavy atom. The molecule has 1 aliphatic rings. The number of fused-ring (bicyclic) bond motifs is 1. The zero-order valence-corrected chi connectivity index (χ0v) is 14.4. The topological polar surface area (TPSA) is 32.3 Å². The van der Waals surface area contributed by atoms with Crippen LogP contribution in [0.1, 0.15) is 41.8 Å². The summed E-state index contributed by atoms with van der Waals surface area (Å²) in [5, 5.41) is 5.38. The molecule has 0 spiro atoms. The number of carbonyl (C=O) groups is 1. The van der Waals surface area contributed by atoms with Gasteiger partial charge in [-0.3, -0.25) is 9.69 Å². The Balaban J connectivity index is 1.57. The maximum Gasteiger partial charge on any atom is 0.234 e. The maximum absolute atomic E-state index is 12.5. The van der Waals surface area contributed by atoms with E-state index in [0.717, 1.165) is 32.4 Å². The zero-order valence-electron chi connectivity index (χ0n) is 13.6. The Morgan fingerprint density at radius 3 is 2.91 bits per heavy atom. The van der Waals surface area contributed by atoms with Crippen LogP contribution in [0.15, 0.2) is 41.8 Å². The normalized spacial score (nSPS) is 15.9. The maximum atomic E-state index is 12.5. The molecule has 0 fully saturated rings. The number of nitrogens with one attached hydrogen (secondary N) is 1. The van der Waals surface area contributed by atoms with Gasteiger partial charge in [0.15, 0.2) is 0 Å². The summed E-state index contributed by atoms with van der Waals surface area (Å²) in [6, 6.07) is 12.6. The molecule has 0 bridgehead atoms. The minimum Gasteiger partial charge on any atom is -0.348 e. The molecule has 0 saturated heterocycles. The number of hydrogen-bond donors (Lipinski definition) is 1. The van der Waals surface area contributed by atoms with Crippen molar-refractivity contribution in [2.45, 2.75) is 38.8 Å². The van der Waals surface area contributed by atoms with Crippen molar-refractivity contribution in [3.8, 4) is 0 Å². The zero-order chi connectivity index (χ0) is 16.1. The minimum atomic E-state index is 0.121. The van der Waals surface area contributed by atoms with Gasteiger partial charge in [0.1, 0.15) is 0 Å². The van der Waals surface area contributed by atoms with Crippen LogP contribution in [-0.4, -0.2) is 23.9 Å². The molecule has 0 radical (unpaired) electrons. The van der Waals surface area contributed by atoms with Crippen LogP contribution in [0.5, 0.6) is 0 Å². The van der Waals surface area contributed by atoms with E-state index in [-0.39, 0.29) is 11.9 Å². The van der Waals surface area contributed by atoms with Crippen molar-refractivity contribution in [3.63, 3.8) is 0 Å². The molecule has 23 heavy (non-hydrogen) atoms. The summed E-state index contributed by atoms with van der Waals surface area (Å²) in [6.45, 7) is 4.52. The Bertz CT molecular complexity index is 638. The lowest BCUT2D eigenvalue weighted by molar-refractivity contribution is -0.123. The van der Waals surface area contributed by atoms with E-state index < -0.39 is 0 Å². The van der Waals surface area contributed by atoms with Crippen LogP contribution in [0.2, 0.25) is 0 Å². The molecule has 3 nitrogen and oxygen atoms in total. The van der Waals surface area contributed by atoms with Gasteiger partial charge in [0.25, 0.3) is 0 Å². The van der Waals surface area contributed by atoms with Gasteiger partial charge in [-0.2, -0.15) is 0 Å². The molecule has 1 aliphatic heterocycles. The van der Waals surface area contributed by atoms with Crippen LogP contribution >= 0.6 is 11.3 Å². The fraction of sp³-hybridized carbons (Fsp3) is 0.421. The summed E-state index contributed by atoms with van der Waals surface area (Å²) >= 11 is 1.83. The summed E-state index contributed by atoms with van der Waals surface area (Å²) in [7, 11) is 0. The van der Waals surface area contributed by atoms with Crippen molar-refractivity contribution >= 4 is 17.2 Å². The minimum absolute atomic E-state index is 0.121. The van der Waals surface area contributed by atoms with E-state index in [2.05, 4.69) is 40.7 Å². The summed E-state index contributed by atoms with van der Waals surface area (Å²) in [4.78, 5) is 16.2. The second-order valence-corrected chi connectivity index (χ2v) is 7.15. The Hall–Kier alpha value is -1.65. The lowest BCUT2D eigenvalue weighted by Gasteiger charge is -2.27. The van der Waals surface area contributed by atoms with Gasteiger partial charge in [0.05, 0.1) is 12.6 Å². The van der Waals surface area contributed by atoms with Crippen molar-refractivity contribution in [2.75, 3.05) is 13.1 Å². The molecular weight excluding hydrogens is 304 g/mol. The Labute approximate surface area is 142 Å². The third-order valence-electron chi connectivity index (χ3n) is 4.37. The average Bonchev–Trinajstić information content (AvgIpc) is 3.03. The number of carbonyl (C=O) groups excluding carboxylic acids is 1. The molecule has 0 aliphatic carbocycles. The summed E-state index contributed by atoms with van der Waals surface area (Å²) < 4.78 is 0. The molecule has 1 N–H and O–H groups in total. The van der Waals surface area contributed by atoms with Gasteiger partial charge in [0.2, 0.25) is 5.91 Å². The second kappa shape index (κ2) is 7.75. The Morgan fingerprint density at radius 2 is 2.13 bits per heavy atom. The molecule has 1 aromatic heterocycles. The summed E-state index contributed by atoms with van der Waals surface area (Å²) in [6.07, 6.45) is 3.10. The van der Waals surface area contributed by atoms with Crippen LogP contribution in [0.4, 0.5) is 0 Å². The van der Waals surface area contributed by atoms with Gasteiger partial charge in [-0.15, -0.1) is 11.3 Å². The van der Waals surface area contributed by atoms with Crippen LogP contribution in [0.3, 0.4) is 0 Å². The fourth-order valence-electron chi connectivity index (χ4n) is 3.18. The van der Waals surface area contributed by atoms with Crippen molar-refractivity contribution in [1.82, 2.24) is 10.2 Å². The number of benzene rings is 1. The quantitative estimate of drug-likeness (QED) is 0.875. The van der Waals surface area contributed by atoms with Crippen LogP contribution in [-0.2, 0) is 17.8 Å². The van der Waals surface area contributed by atoms with E-state index in [1.54, 1.807) is 0 Å². The lowest BCUT2D eigenvalue weighted by atomic mass is 10.0. The monoisotopic (exact) mass is 328 g/mol. The van der Waals surface area contributed by atoms with Crippen LogP contribution in [0, 0.1) is 0 Å². The summed E-state index contributed by atoms with van der Waals surface area (Å²) in [5.74, 6) is 0.131. The SMILES string of the molecule is CCC[C@H](NC(=O)CN1CCc2sccc2C1)c1ccccc1. The van der Waals surface area contributed by atoms with Crippen LogP contribution in [0.25, 0.3) is 0 Å². The third-order valence-corrected chi connectivity index (χ3v) is 5.39. The van der Waals surface area contributed by atoms with Gasteiger partial charge in [-0.25, -0.2) is 0 Å². The molecule has 122 valence electrons. The van der Waals surface area contributed by atoms with E-state index >= 15 is 0 Å². The first-order valence-electron chi connectivity index (χ1n) is 8.38. The van der Waals surface area contributed by atoms with Crippen molar-refractivity contribution in [3.05, 3.63) is 57.8 Å². The number of nitrogens with zero attached hydrogens (tertiary/aromatic N) is 1. The highest BCUT2D eigenvalue weighted by atomic mass is 32.1. The highest BCUT2D eigenvalue weighted by Crippen LogP contribution is 2.24. The average molecular weight is 328 g/mol. The number of rotatable bonds is 6.